The first-order chi connectivity index (χ1) is 10.2. The lowest BCUT2D eigenvalue weighted by molar-refractivity contribution is -0.150. The molecule has 126 valence electrons. The number of aliphatic carboxylic acids is 1. The molecule has 0 saturated carbocycles. The Labute approximate surface area is 131 Å². The van der Waals surface area contributed by atoms with Gasteiger partial charge >= 0.3 is 5.97 Å². The lowest BCUT2D eigenvalue weighted by Crippen LogP contribution is -2.23. The third-order valence-corrected chi connectivity index (χ3v) is 3.96. The second kappa shape index (κ2) is 15.8. The van der Waals surface area contributed by atoms with Crippen molar-refractivity contribution in [2.75, 3.05) is 6.61 Å². The summed E-state index contributed by atoms with van der Waals surface area (Å²) in [5.74, 6) is -0.820. The van der Waals surface area contributed by atoms with E-state index in [2.05, 4.69) is 6.92 Å². The molecular formula is C18H36O3. The van der Waals surface area contributed by atoms with Gasteiger partial charge in [-0.3, -0.25) is 0 Å². The number of carboxylic acids is 1. The SMILES string of the molecule is CCCCCCCCCCCCCCC(OCC)C(=O)O. The van der Waals surface area contributed by atoms with E-state index in [0.717, 1.165) is 12.8 Å². The summed E-state index contributed by atoms with van der Waals surface area (Å²) in [6, 6.07) is 0. The normalized spacial score (nSPS) is 12.5. The number of rotatable bonds is 16. The smallest absolute Gasteiger partial charge is 0.332 e. The van der Waals surface area contributed by atoms with Gasteiger partial charge in [0.15, 0.2) is 6.10 Å². The molecule has 0 aliphatic rings. The average Bonchev–Trinajstić information content (AvgIpc) is 2.47. The zero-order chi connectivity index (χ0) is 15.8. The number of ether oxygens (including phenoxy) is 1. The van der Waals surface area contributed by atoms with Crippen LogP contribution in [-0.4, -0.2) is 23.8 Å². The van der Waals surface area contributed by atoms with Crippen molar-refractivity contribution < 1.29 is 14.6 Å². The van der Waals surface area contributed by atoms with Crippen LogP contribution in [0, 0.1) is 0 Å². The van der Waals surface area contributed by atoms with Gasteiger partial charge < -0.3 is 9.84 Å². The van der Waals surface area contributed by atoms with Gasteiger partial charge in [-0.15, -0.1) is 0 Å². The Bertz CT molecular complexity index is 229. The van der Waals surface area contributed by atoms with Gasteiger partial charge in [-0.25, -0.2) is 4.79 Å². The molecule has 0 amide bonds. The first-order valence-electron chi connectivity index (χ1n) is 9.06. The molecule has 0 spiro atoms. The lowest BCUT2D eigenvalue weighted by atomic mass is 10.0. The minimum Gasteiger partial charge on any atom is -0.479 e. The summed E-state index contributed by atoms with van der Waals surface area (Å²) in [6.07, 6.45) is 15.7. The minimum atomic E-state index is -0.820. The molecule has 0 aliphatic carbocycles. The molecule has 0 heterocycles. The van der Waals surface area contributed by atoms with E-state index in [4.69, 9.17) is 9.84 Å². The van der Waals surface area contributed by atoms with Crippen molar-refractivity contribution in [1.29, 1.82) is 0 Å². The van der Waals surface area contributed by atoms with Gasteiger partial charge in [0.1, 0.15) is 0 Å². The Hall–Kier alpha value is -0.570. The van der Waals surface area contributed by atoms with E-state index in [0.29, 0.717) is 13.0 Å². The largest absolute Gasteiger partial charge is 0.479 e. The minimum absolute atomic E-state index is 0.481. The van der Waals surface area contributed by atoms with Gasteiger partial charge in [-0.2, -0.15) is 0 Å². The quantitative estimate of drug-likeness (QED) is 0.379. The maximum Gasteiger partial charge on any atom is 0.332 e. The third kappa shape index (κ3) is 14.1. The van der Waals surface area contributed by atoms with E-state index in [1.165, 1.54) is 64.2 Å². The highest BCUT2D eigenvalue weighted by atomic mass is 16.5. The maximum atomic E-state index is 10.9. The molecule has 0 radical (unpaired) electrons. The molecule has 0 aromatic heterocycles. The highest BCUT2D eigenvalue weighted by molar-refractivity contribution is 5.72. The van der Waals surface area contributed by atoms with Crippen LogP contribution in [0.3, 0.4) is 0 Å². The van der Waals surface area contributed by atoms with Crippen molar-refractivity contribution in [1.82, 2.24) is 0 Å². The molecule has 0 aliphatic heterocycles. The molecular weight excluding hydrogens is 264 g/mol. The van der Waals surface area contributed by atoms with Crippen LogP contribution in [-0.2, 0) is 9.53 Å². The van der Waals surface area contributed by atoms with Crippen LogP contribution in [0.25, 0.3) is 0 Å². The summed E-state index contributed by atoms with van der Waals surface area (Å²) in [7, 11) is 0. The van der Waals surface area contributed by atoms with Crippen LogP contribution in [0.15, 0.2) is 0 Å². The van der Waals surface area contributed by atoms with Gasteiger partial charge in [0.2, 0.25) is 0 Å². The number of unbranched alkanes of at least 4 members (excludes halogenated alkanes) is 11. The lowest BCUT2D eigenvalue weighted by Gasteiger charge is -2.11. The highest BCUT2D eigenvalue weighted by Gasteiger charge is 2.16. The molecule has 3 nitrogen and oxygen atoms in total. The molecule has 0 fully saturated rings. The number of hydrogen-bond donors (Lipinski definition) is 1. The molecule has 3 heteroatoms. The molecule has 0 saturated heterocycles. The zero-order valence-electron chi connectivity index (χ0n) is 14.2. The van der Waals surface area contributed by atoms with Crippen molar-refractivity contribution >= 4 is 5.97 Å². The van der Waals surface area contributed by atoms with E-state index in [9.17, 15) is 4.79 Å². The standard InChI is InChI=1S/C18H36O3/c1-3-5-6-7-8-9-10-11-12-13-14-15-16-17(18(19)20)21-4-2/h17H,3-16H2,1-2H3,(H,19,20). The summed E-state index contributed by atoms with van der Waals surface area (Å²) >= 11 is 0. The van der Waals surface area contributed by atoms with E-state index in [-0.39, 0.29) is 0 Å². The van der Waals surface area contributed by atoms with Crippen LogP contribution in [0.4, 0.5) is 0 Å². The zero-order valence-corrected chi connectivity index (χ0v) is 14.2. The van der Waals surface area contributed by atoms with E-state index >= 15 is 0 Å². The second-order valence-corrected chi connectivity index (χ2v) is 5.96. The van der Waals surface area contributed by atoms with Crippen molar-refractivity contribution in [2.24, 2.45) is 0 Å². The Morgan fingerprint density at radius 2 is 1.24 bits per heavy atom. The van der Waals surface area contributed by atoms with E-state index < -0.39 is 12.1 Å². The summed E-state index contributed by atoms with van der Waals surface area (Å²) in [5, 5.41) is 8.96. The summed E-state index contributed by atoms with van der Waals surface area (Å²) in [5.41, 5.74) is 0. The average molecular weight is 300 g/mol. The van der Waals surface area contributed by atoms with E-state index in [1.54, 1.807) is 0 Å². The van der Waals surface area contributed by atoms with Gasteiger partial charge in [0.05, 0.1) is 0 Å². The Morgan fingerprint density at radius 1 is 0.810 bits per heavy atom. The van der Waals surface area contributed by atoms with Crippen LogP contribution >= 0.6 is 0 Å². The Kier molecular flexibility index (Phi) is 15.4. The van der Waals surface area contributed by atoms with Crippen molar-refractivity contribution in [3.05, 3.63) is 0 Å². The van der Waals surface area contributed by atoms with Crippen LogP contribution in [0.1, 0.15) is 97.3 Å². The maximum absolute atomic E-state index is 10.9. The van der Waals surface area contributed by atoms with Gasteiger partial charge in [0.25, 0.3) is 0 Å². The molecule has 1 N–H and O–H groups in total. The molecule has 0 aromatic carbocycles. The van der Waals surface area contributed by atoms with Crippen LogP contribution < -0.4 is 0 Å². The monoisotopic (exact) mass is 300 g/mol. The van der Waals surface area contributed by atoms with Gasteiger partial charge in [-0.1, -0.05) is 84.0 Å². The Morgan fingerprint density at radius 3 is 1.62 bits per heavy atom. The van der Waals surface area contributed by atoms with Crippen molar-refractivity contribution in [2.45, 2.75) is 103 Å². The molecule has 21 heavy (non-hydrogen) atoms. The second-order valence-electron chi connectivity index (χ2n) is 5.96. The molecule has 0 rings (SSSR count). The van der Waals surface area contributed by atoms with Crippen molar-refractivity contribution in [3.63, 3.8) is 0 Å². The fraction of sp³-hybridized carbons (Fsp3) is 0.944. The first kappa shape index (κ1) is 20.4. The molecule has 0 aromatic rings. The van der Waals surface area contributed by atoms with Gasteiger partial charge in [-0.05, 0) is 13.3 Å². The van der Waals surface area contributed by atoms with Crippen molar-refractivity contribution in [3.8, 4) is 0 Å². The number of carbonyl (C=O) groups is 1. The summed E-state index contributed by atoms with van der Waals surface area (Å²) in [6.45, 7) is 4.58. The highest BCUT2D eigenvalue weighted by Crippen LogP contribution is 2.13. The predicted molar refractivity (Wildman–Crippen MR) is 88.7 cm³/mol. The number of carboxylic acid groups (broad SMARTS) is 1. The fourth-order valence-electron chi connectivity index (χ4n) is 2.65. The fourth-order valence-corrected chi connectivity index (χ4v) is 2.65. The van der Waals surface area contributed by atoms with Crippen LogP contribution in [0.5, 0.6) is 0 Å². The topological polar surface area (TPSA) is 46.5 Å². The molecule has 1 atom stereocenters. The van der Waals surface area contributed by atoms with E-state index in [1.807, 2.05) is 6.92 Å². The summed E-state index contributed by atoms with van der Waals surface area (Å²) < 4.78 is 5.20. The third-order valence-electron chi connectivity index (χ3n) is 3.96. The molecule has 1 unspecified atom stereocenters. The van der Waals surface area contributed by atoms with Crippen LogP contribution in [0.2, 0.25) is 0 Å². The predicted octanol–water partition coefficient (Wildman–Crippen LogP) is 5.57. The van der Waals surface area contributed by atoms with Gasteiger partial charge in [0, 0.05) is 6.61 Å². The first-order valence-corrected chi connectivity index (χ1v) is 9.06. The summed E-state index contributed by atoms with van der Waals surface area (Å²) in [4.78, 5) is 10.9. The molecule has 0 bridgehead atoms. The number of hydrogen-bond acceptors (Lipinski definition) is 2. The Balaban J connectivity index is 3.23.